The van der Waals surface area contributed by atoms with E-state index in [9.17, 15) is 13.2 Å². The van der Waals surface area contributed by atoms with Crippen molar-refractivity contribution in [2.75, 3.05) is 31.1 Å². The van der Waals surface area contributed by atoms with Gasteiger partial charge in [-0.2, -0.15) is 4.31 Å². The number of carbonyl (C=O) groups excluding carboxylic acids is 1. The molecule has 3 rings (SSSR count). The number of sulfonamides is 1. The quantitative estimate of drug-likeness (QED) is 0.876. The van der Waals surface area contributed by atoms with Gasteiger partial charge in [0.1, 0.15) is 0 Å². The minimum Gasteiger partial charge on any atom is -0.366 e. The molecule has 2 N–H and O–H groups in total. The van der Waals surface area contributed by atoms with Crippen molar-refractivity contribution in [3.05, 3.63) is 41.4 Å². The third kappa shape index (κ3) is 3.21. The van der Waals surface area contributed by atoms with E-state index in [1.165, 1.54) is 28.6 Å². The fraction of sp³-hybridized carbons (Fsp3) is 0.286. The molecule has 9 heteroatoms. The van der Waals surface area contributed by atoms with E-state index in [2.05, 4.69) is 9.88 Å². The number of thiazole rings is 1. The smallest absolute Gasteiger partial charge is 0.248 e. The lowest BCUT2D eigenvalue weighted by Crippen LogP contribution is -2.48. The Balaban J connectivity index is 1.72. The molecule has 1 aromatic carbocycles. The maximum absolute atomic E-state index is 12.6. The first kappa shape index (κ1) is 15.9. The van der Waals surface area contributed by atoms with Crippen molar-refractivity contribution in [1.29, 1.82) is 0 Å². The van der Waals surface area contributed by atoms with E-state index >= 15 is 0 Å². The van der Waals surface area contributed by atoms with Gasteiger partial charge in [-0.3, -0.25) is 4.79 Å². The minimum absolute atomic E-state index is 0.171. The van der Waals surface area contributed by atoms with Gasteiger partial charge in [-0.1, -0.05) is 0 Å². The van der Waals surface area contributed by atoms with Gasteiger partial charge in [-0.15, -0.1) is 11.3 Å². The average molecular weight is 352 g/mol. The first-order valence-electron chi connectivity index (χ1n) is 7.03. The molecular formula is C14H16N4O3S2. The molecule has 23 heavy (non-hydrogen) atoms. The van der Waals surface area contributed by atoms with Crippen LogP contribution >= 0.6 is 11.3 Å². The number of piperazine rings is 1. The molecule has 1 amide bonds. The fourth-order valence-corrected chi connectivity index (χ4v) is 4.55. The first-order valence-corrected chi connectivity index (χ1v) is 9.35. The van der Waals surface area contributed by atoms with E-state index in [1.54, 1.807) is 17.5 Å². The number of hydrogen-bond acceptors (Lipinski definition) is 6. The Kier molecular flexibility index (Phi) is 4.33. The molecule has 2 heterocycles. The Morgan fingerprint density at radius 2 is 1.78 bits per heavy atom. The minimum atomic E-state index is -3.56. The summed E-state index contributed by atoms with van der Waals surface area (Å²) in [6, 6.07) is 5.70. The highest BCUT2D eigenvalue weighted by Crippen LogP contribution is 2.22. The number of carbonyl (C=O) groups is 1. The highest BCUT2D eigenvalue weighted by molar-refractivity contribution is 7.89. The van der Waals surface area contributed by atoms with Crippen molar-refractivity contribution in [2.45, 2.75) is 4.90 Å². The molecular weight excluding hydrogens is 336 g/mol. The van der Waals surface area contributed by atoms with E-state index in [0.717, 1.165) is 5.13 Å². The lowest BCUT2D eigenvalue weighted by molar-refractivity contribution is 0.1000. The van der Waals surface area contributed by atoms with Gasteiger partial charge in [0, 0.05) is 43.3 Å². The van der Waals surface area contributed by atoms with Crippen molar-refractivity contribution >= 4 is 32.4 Å². The molecule has 1 saturated heterocycles. The van der Waals surface area contributed by atoms with Gasteiger partial charge < -0.3 is 10.6 Å². The normalized spacial score (nSPS) is 16.4. The lowest BCUT2D eigenvalue weighted by atomic mass is 10.2. The van der Waals surface area contributed by atoms with Crippen molar-refractivity contribution < 1.29 is 13.2 Å². The molecule has 1 aromatic heterocycles. The maximum Gasteiger partial charge on any atom is 0.248 e. The summed E-state index contributed by atoms with van der Waals surface area (Å²) in [5, 5.41) is 2.81. The summed E-state index contributed by atoms with van der Waals surface area (Å²) in [4.78, 5) is 17.6. The van der Waals surface area contributed by atoms with Crippen LogP contribution < -0.4 is 10.6 Å². The lowest BCUT2D eigenvalue weighted by Gasteiger charge is -2.33. The Morgan fingerprint density at radius 1 is 1.13 bits per heavy atom. The van der Waals surface area contributed by atoms with E-state index in [1.807, 2.05) is 5.38 Å². The van der Waals surface area contributed by atoms with E-state index in [0.29, 0.717) is 26.2 Å². The van der Waals surface area contributed by atoms with Crippen LogP contribution in [0.4, 0.5) is 5.13 Å². The Hall–Kier alpha value is -1.97. The van der Waals surface area contributed by atoms with Gasteiger partial charge in [-0.25, -0.2) is 13.4 Å². The zero-order valence-electron chi connectivity index (χ0n) is 12.3. The number of aromatic nitrogens is 1. The monoisotopic (exact) mass is 352 g/mol. The van der Waals surface area contributed by atoms with Crippen molar-refractivity contribution in [2.24, 2.45) is 5.73 Å². The summed E-state index contributed by atoms with van der Waals surface area (Å²) in [5.41, 5.74) is 5.46. The Labute approximate surface area is 138 Å². The highest BCUT2D eigenvalue weighted by Gasteiger charge is 2.29. The molecule has 0 atom stereocenters. The summed E-state index contributed by atoms with van der Waals surface area (Å²) in [6.07, 6.45) is 1.74. The third-order valence-electron chi connectivity index (χ3n) is 3.71. The zero-order chi connectivity index (χ0) is 16.4. The molecule has 0 aliphatic carbocycles. The molecule has 0 bridgehead atoms. The predicted octanol–water partition coefficient (Wildman–Crippen LogP) is 0.753. The SMILES string of the molecule is NC(=O)c1ccc(S(=O)(=O)N2CCN(c3nccs3)CC2)cc1. The van der Waals surface area contributed by atoms with Gasteiger partial charge in [0.05, 0.1) is 4.90 Å². The third-order valence-corrected chi connectivity index (χ3v) is 6.45. The number of rotatable bonds is 4. The topological polar surface area (TPSA) is 96.6 Å². The van der Waals surface area contributed by atoms with E-state index in [4.69, 9.17) is 5.73 Å². The molecule has 0 spiro atoms. The largest absolute Gasteiger partial charge is 0.366 e. The van der Waals surface area contributed by atoms with Crippen LogP contribution in [-0.4, -0.2) is 49.8 Å². The van der Waals surface area contributed by atoms with E-state index in [-0.39, 0.29) is 10.5 Å². The van der Waals surface area contributed by atoms with Crippen LogP contribution in [0.25, 0.3) is 0 Å². The van der Waals surface area contributed by atoms with Crippen LogP contribution in [-0.2, 0) is 10.0 Å². The summed E-state index contributed by atoms with van der Waals surface area (Å²) in [6.45, 7) is 2.01. The molecule has 0 unspecified atom stereocenters. The molecule has 0 saturated carbocycles. The van der Waals surface area contributed by atoms with E-state index < -0.39 is 15.9 Å². The van der Waals surface area contributed by atoms with Crippen LogP contribution in [0.2, 0.25) is 0 Å². The second-order valence-electron chi connectivity index (χ2n) is 5.09. The zero-order valence-corrected chi connectivity index (χ0v) is 13.9. The van der Waals surface area contributed by atoms with Crippen molar-refractivity contribution in [1.82, 2.24) is 9.29 Å². The van der Waals surface area contributed by atoms with Crippen molar-refractivity contribution in [3.8, 4) is 0 Å². The molecule has 7 nitrogen and oxygen atoms in total. The summed E-state index contributed by atoms with van der Waals surface area (Å²) in [7, 11) is -3.56. The number of hydrogen-bond donors (Lipinski definition) is 1. The molecule has 1 fully saturated rings. The van der Waals surface area contributed by atoms with Gasteiger partial charge >= 0.3 is 0 Å². The summed E-state index contributed by atoms with van der Waals surface area (Å²) in [5.74, 6) is -0.578. The van der Waals surface area contributed by atoms with Crippen LogP contribution in [0, 0.1) is 0 Å². The maximum atomic E-state index is 12.6. The van der Waals surface area contributed by atoms with Crippen LogP contribution in [0.1, 0.15) is 10.4 Å². The molecule has 1 aliphatic rings. The van der Waals surface area contributed by atoms with Gasteiger partial charge in [0.2, 0.25) is 15.9 Å². The summed E-state index contributed by atoms with van der Waals surface area (Å²) < 4.78 is 26.7. The van der Waals surface area contributed by atoms with Gasteiger partial charge in [0.25, 0.3) is 0 Å². The number of primary amides is 1. The van der Waals surface area contributed by atoms with Crippen LogP contribution in [0.5, 0.6) is 0 Å². The molecule has 122 valence electrons. The molecule has 1 aliphatic heterocycles. The Bertz CT molecular complexity index is 780. The summed E-state index contributed by atoms with van der Waals surface area (Å²) >= 11 is 1.54. The van der Waals surface area contributed by atoms with Gasteiger partial charge in [0.15, 0.2) is 5.13 Å². The number of benzene rings is 1. The van der Waals surface area contributed by atoms with Crippen molar-refractivity contribution in [3.63, 3.8) is 0 Å². The first-order chi connectivity index (χ1) is 11.0. The highest BCUT2D eigenvalue weighted by atomic mass is 32.2. The second-order valence-corrected chi connectivity index (χ2v) is 7.91. The number of anilines is 1. The standard InChI is InChI=1S/C14H16N4O3S2/c15-13(19)11-1-3-12(4-2-11)23(20,21)18-8-6-17(7-9-18)14-16-5-10-22-14/h1-5,10H,6-9H2,(H2,15,19). The van der Waals surface area contributed by atoms with Gasteiger partial charge in [-0.05, 0) is 24.3 Å². The fourth-order valence-electron chi connectivity index (χ4n) is 2.43. The average Bonchev–Trinajstić information content (AvgIpc) is 3.09. The number of nitrogens with zero attached hydrogens (tertiary/aromatic N) is 3. The molecule has 0 radical (unpaired) electrons. The Morgan fingerprint density at radius 3 is 2.30 bits per heavy atom. The predicted molar refractivity (Wildman–Crippen MR) is 88.0 cm³/mol. The second kappa shape index (κ2) is 6.26. The number of amides is 1. The van der Waals surface area contributed by atoms with Crippen LogP contribution in [0.3, 0.4) is 0 Å². The number of nitrogens with two attached hydrogens (primary N) is 1. The molecule has 2 aromatic rings. The van der Waals surface area contributed by atoms with Crippen LogP contribution in [0.15, 0.2) is 40.7 Å².